The summed E-state index contributed by atoms with van der Waals surface area (Å²) in [5.41, 5.74) is 0. The first-order chi connectivity index (χ1) is 12.1. The van der Waals surface area contributed by atoms with Crippen LogP contribution in [-0.4, -0.2) is 54.1 Å². The Kier molecular flexibility index (Phi) is 8.54. The van der Waals surface area contributed by atoms with E-state index in [9.17, 15) is 19.2 Å². The average molecular weight is 370 g/mol. The lowest BCUT2D eigenvalue weighted by molar-refractivity contribution is -0.170. The van der Waals surface area contributed by atoms with Crippen LogP contribution in [0.1, 0.15) is 59.8 Å². The van der Waals surface area contributed by atoms with E-state index < -0.39 is 30.4 Å². The molecule has 1 saturated carbocycles. The molecule has 0 spiro atoms. The molecule has 1 N–H and O–H groups in total. The van der Waals surface area contributed by atoms with Crippen molar-refractivity contribution in [2.75, 3.05) is 7.05 Å². The maximum absolute atomic E-state index is 12.2. The fourth-order valence-electron chi connectivity index (χ4n) is 2.93. The number of Topliss-reactive ketones (excluding diaryl/α,β-unsaturated/α-hetero) is 1. The maximum Gasteiger partial charge on any atom is 0.413 e. The topological polar surface area (TPSA) is 102 Å². The summed E-state index contributed by atoms with van der Waals surface area (Å²) < 4.78 is 10.3. The number of likely N-dealkylation sites (N-methyl/N-ethyl adjacent to an activating group) is 1. The number of amides is 2. The third kappa shape index (κ3) is 7.01. The zero-order chi connectivity index (χ0) is 19.9. The van der Waals surface area contributed by atoms with Gasteiger partial charge in [0, 0.05) is 27.3 Å². The largest absolute Gasteiger partial charge is 0.424 e. The van der Waals surface area contributed by atoms with Gasteiger partial charge in [-0.25, -0.2) is 9.59 Å². The molecular weight excluding hydrogens is 340 g/mol. The third-order valence-corrected chi connectivity index (χ3v) is 4.20. The van der Waals surface area contributed by atoms with Gasteiger partial charge >= 0.3 is 12.1 Å². The molecule has 2 amide bonds. The summed E-state index contributed by atoms with van der Waals surface area (Å²) in [5, 5.41) is 2.54. The van der Waals surface area contributed by atoms with E-state index in [1.165, 1.54) is 25.8 Å². The lowest BCUT2D eigenvalue weighted by atomic mass is 9.93. The minimum Gasteiger partial charge on any atom is -0.424 e. The standard InChI is InChI=1S/C18H30N2O6/c1-11(2)10-14(19-12(3)21)17(23)25-13(4)26-18(24)20(5)15-8-6-7-9-16(15)22/h11,13-15H,6-10H2,1-5H3,(H,19,21). The Labute approximate surface area is 154 Å². The van der Waals surface area contributed by atoms with E-state index in [-0.39, 0.29) is 17.6 Å². The Morgan fingerprint density at radius 3 is 2.38 bits per heavy atom. The van der Waals surface area contributed by atoms with Crippen molar-refractivity contribution in [3.63, 3.8) is 0 Å². The second-order valence-electron chi connectivity index (χ2n) is 7.11. The van der Waals surface area contributed by atoms with Crippen molar-refractivity contribution in [3.05, 3.63) is 0 Å². The van der Waals surface area contributed by atoms with Crippen molar-refractivity contribution in [2.24, 2.45) is 5.92 Å². The molecular formula is C18H30N2O6. The molecule has 3 unspecified atom stereocenters. The number of ketones is 1. The van der Waals surface area contributed by atoms with Crippen molar-refractivity contribution in [3.8, 4) is 0 Å². The van der Waals surface area contributed by atoms with E-state index >= 15 is 0 Å². The van der Waals surface area contributed by atoms with Crippen LogP contribution in [0.5, 0.6) is 0 Å². The van der Waals surface area contributed by atoms with Gasteiger partial charge in [0.05, 0.1) is 6.04 Å². The fourth-order valence-corrected chi connectivity index (χ4v) is 2.93. The summed E-state index contributed by atoms with van der Waals surface area (Å²) in [6.07, 6.45) is 1.36. The molecule has 148 valence electrons. The number of carbonyl (C=O) groups excluding carboxylic acids is 4. The van der Waals surface area contributed by atoms with Crippen LogP contribution in [0.25, 0.3) is 0 Å². The molecule has 8 nitrogen and oxygen atoms in total. The van der Waals surface area contributed by atoms with Gasteiger partial charge in [0.15, 0.2) is 5.78 Å². The van der Waals surface area contributed by atoms with Gasteiger partial charge in [0.1, 0.15) is 6.04 Å². The summed E-state index contributed by atoms with van der Waals surface area (Å²) in [5.74, 6) is -0.818. The smallest absolute Gasteiger partial charge is 0.413 e. The van der Waals surface area contributed by atoms with E-state index in [0.717, 1.165) is 12.8 Å². The van der Waals surface area contributed by atoms with Gasteiger partial charge in [-0.2, -0.15) is 0 Å². The second-order valence-corrected chi connectivity index (χ2v) is 7.11. The van der Waals surface area contributed by atoms with Crippen LogP contribution in [0.3, 0.4) is 0 Å². The van der Waals surface area contributed by atoms with Crippen molar-refractivity contribution in [1.82, 2.24) is 10.2 Å². The molecule has 1 fully saturated rings. The first-order valence-electron chi connectivity index (χ1n) is 9.05. The zero-order valence-electron chi connectivity index (χ0n) is 16.2. The molecule has 0 saturated heterocycles. The van der Waals surface area contributed by atoms with E-state index in [4.69, 9.17) is 9.47 Å². The molecule has 0 aromatic rings. The summed E-state index contributed by atoms with van der Waals surface area (Å²) in [4.78, 5) is 48.9. The van der Waals surface area contributed by atoms with E-state index in [0.29, 0.717) is 19.3 Å². The van der Waals surface area contributed by atoms with Gasteiger partial charge in [0.25, 0.3) is 0 Å². The third-order valence-electron chi connectivity index (χ3n) is 4.20. The summed E-state index contributed by atoms with van der Waals surface area (Å²) in [6.45, 7) is 6.58. The molecule has 0 aliphatic heterocycles. The zero-order valence-corrected chi connectivity index (χ0v) is 16.2. The molecule has 1 aliphatic rings. The first-order valence-corrected chi connectivity index (χ1v) is 9.05. The highest BCUT2D eigenvalue weighted by molar-refractivity contribution is 5.88. The normalized spacial score (nSPS) is 19.5. The number of rotatable bonds is 7. The highest BCUT2D eigenvalue weighted by Gasteiger charge is 2.31. The van der Waals surface area contributed by atoms with E-state index in [1.54, 1.807) is 0 Å². The summed E-state index contributed by atoms with van der Waals surface area (Å²) in [6, 6.07) is -1.29. The minimum atomic E-state index is -1.13. The Morgan fingerprint density at radius 2 is 1.85 bits per heavy atom. The Balaban J connectivity index is 2.58. The van der Waals surface area contributed by atoms with Gasteiger partial charge in [-0.1, -0.05) is 20.3 Å². The van der Waals surface area contributed by atoms with Crippen LogP contribution < -0.4 is 5.32 Å². The fraction of sp³-hybridized carbons (Fsp3) is 0.778. The van der Waals surface area contributed by atoms with Crippen LogP contribution in [0, 0.1) is 5.92 Å². The lowest BCUT2D eigenvalue weighted by Gasteiger charge is -2.30. The molecule has 0 radical (unpaired) electrons. The van der Waals surface area contributed by atoms with Gasteiger partial charge in [-0.05, 0) is 25.2 Å². The van der Waals surface area contributed by atoms with Crippen molar-refractivity contribution < 1.29 is 28.7 Å². The average Bonchev–Trinajstić information content (AvgIpc) is 2.52. The second kappa shape index (κ2) is 10.1. The predicted octanol–water partition coefficient (Wildman–Crippen LogP) is 2.01. The lowest BCUT2D eigenvalue weighted by Crippen LogP contribution is -2.46. The number of hydrogen-bond donors (Lipinski definition) is 1. The summed E-state index contributed by atoms with van der Waals surface area (Å²) >= 11 is 0. The molecule has 1 aliphatic carbocycles. The van der Waals surface area contributed by atoms with Crippen LogP contribution in [0.2, 0.25) is 0 Å². The van der Waals surface area contributed by atoms with Crippen molar-refractivity contribution in [1.29, 1.82) is 0 Å². The number of nitrogens with zero attached hydrogens (tertiary/aromatic N) is 1. The van der Waals surface area contributed by atoms with Crippen LogP contribution in [0.4, 0.5) is 4.79 Å². The maximum atomic E-state index is 12.2. The number of esters is 1. The molecule has 0 aromatic heterocycles. The summed E-state index contributed by atoms with van der Waals surface area (Å²) in [7, 11) is 1.50. The molecule has 26 heavy (non-hydrogen) atoms. The highest BCUT2D eigenvalue weighted by Crippen LogP contribution is 2.19. The van der Waals surface area contributed by atoms with Gasteiger partial charge in [-0.3, -0.25) is 9.59 Å². The number of ether oxygens (including phenoxy) is 2. The van der Waals surface area contributed by atoms with Crippen molar-refractivity contribution in [2.45, 2.75) is 78.2 Å². The SMILES string of the molecule is CC(=O)NC(CC(C)C)C(=O)OC(C)OC(=O)N(C)C1CCCCC1=O. The Bertz CT molecular complexity index is 534. The van der Waals surface area contributed by atoms with E-state index in [1.807, 2.05) is 13.8 Å². The predicted molar refractivity (Wildman–Crippen MR) is 94.1 cm³/mol. The Hall–Kier alpha value is -2.12. The number of nitrogens with one attached hydrogen (secondary N) is 1. The van der Waals surface area contributed by atoms with Crippen LogP contribution in [0.15, 0.2) is 0 Å². The first kappa shape index (κ1) is 21.9. The molecule has 0 heterocycles. The number of hydrogen-bond acceptors (Lipinski definition) is 6. The molecule has 3 atom stereocenters. The van der Waals surface area contributed by atoms with Gasteiger partial charge < -0.3 is 19.7 Å². The van der Waals surface area contributed by atoms with Crippen LogP contribution >= 0.6 is 0 Å². The number of carbonyl (C=O) groups is 4. The highest BCUT2D eigenvalue weighted by atomic mass is 16.7. The molecule has 0 bridgehead atoms. The van der Waals surface area contributed by atoms with Gasteiger partial charge in [-0.15, -0.1) is 0 Å². The molecule has 8 heteroatoms. The van der Waals surface area contributed by atoms with Crippen LogP contribution in [-0.2, 0) is 23.9 Å². The van der Waals surface area contributed by atoms with Gasteiger partial charge in [0.2, 0.25) is 12.2 Å². The molecule has 1 rings (SSSR count). The monoisotopic (exact) mass is 370 g/mol. The van der Waals surface area contributed by atoms with E-state index in [2.05, 4.69) is 5.32 Å². The van der Waals surface area contributed by atoms with Crippen molar-refractivity contribution >= 4 is 23.8 Å². The minimum absolute atomic E-state index is 0.0167. The molecule has 0 aromatic carbocycles. The Morgan fingerprint density at radius 1 is 1.19 bits per heavy atom. The quantitative estimate of drug-likeness (QED) is 0.543.